The molecule has 24 heavy (non-hydrogen) atoms. The monoisotopic (exact) mass is 400 g/mol. The van der Waals surface area contributed by atoms with Crippen molar-refractivity contribution in [2.24, 2.45) is 5.10 Å². The van der Waals surface area contributed by atoms with Gasteiger partial charge < -0.3 is 4.98 Å². The van der Waals surface area contributed by atoms with E-state index in [2.05, 4.69) is 31.0 Å². The number of halogens is 2. The Kier molecular flexibility index (Phi) is 3.70. The number of rotatable bonds is 2. The first kappa shape index (κ1) is 15.1. The Hall–Kier alpha value is -2.44. The summed E-state index contributed by atoms with van der Waals surface area (Å²) in [5.41, 5.74) is 2.45. The molecule has 5 nitrogen and oxygen atoms in total. The molecule has 0 unspecified atom stereocenters. The number of benzene rings is 2. The molecule has 2 aromatic carbocycles. The second-order valence-corrected chi connectivity index (χ2v) is 6.58. The number of aromatic nitrogens is 3. The first-order chi connectivity index (χ1) is 11.6. The summed E-state index contributed by atoms with van der Waals surface area (Å²) in [6, 6.07) is 13.0. The molecule has 1 N–H and O–H groups in total. The Morgan fingerprint density at radius 2 is 2.12 bits per heavy atom. The highest BCUT2D eigenvalue weighted by molar-refractivity contribution is 9.10. The van der Waals surface area contributed by atoms with Crippen molar-refractivity contribution in [3.05, 3.63) is 74.2 Å². The SMILES string of the molecule is O=c1c2[nH]c3ccc(Br)cc3c2ncn1N=Cc1cccc(Cl)c1. The second kappa shape index (κ2) is 5.89. The summed E-state index contributed by atoms with van der Waals surface area (Å²) in [7, 11) is 0. The van der Waals surface area contributed by atoms with Crippen LogP contribution >= 0.6 is 27.5 Å². The first-order valence-electron chi connectivity index (χ1n) is 7.10. The van der Waals surface area contributed by atoms with Crippen LogP contribution in [0.15, 0.2) is 63.2 Å². The maximum Gasteiger partial charge on any atom is 0.298 e. The number of hydrogen-bond acceptors (Lipinski definition) is 3. The van der Waals surface area contributed by atoms with Crippen molar-refractivity contribution >= 4 is 55.7 Å². The van der Waals surface area contributed by atoms with Crippen molar-refractivity contribution in [2.75, 3.05) is 0 Å². The lowest BCUT2D eigenvalue weighted by atomic mass is 10.2. The van der Waals surface area contributed by atoms with Crippen LogP contribution in [0.1, 0.15) is 5.56 Å². The summed E-state index contributed by atoms with van der Waals surface area (Å²) in [6.45, 7) is 0. The molecule has 7 heteroatoms. The molecule has 118 valence electrons. The largest absolute Gasteiger partial charge is 0.349 e. The molecule has 0 atom stereocenters. The topological polar surface area (TPSA) is 63.0 Å². The Balaban J connectivity index is 1.84. The van der Waals surface area contributed by atoms with E-state index in [1.54, 1.807) is 18.3 Å². The van der Waals surface area contributed by atoms with Crippen LogP contribution in [0.25, 0.3) is 21.9 Å². The maximum atomic E-state index is 12.6. The summed E-state index contributed by atoms with van der Waals surface area (Å²) in [4.78, 5) is 20.1. The summed E-state index contributed by atoms with van der Waals surface area (Å²) in [6.07, 6.45) is 2.99. The normalized spacial score (nSPS) is 11.8. The predicted octanol–water partition coefficient (Wildman–Crippen LogP) is 4.18. The molecule has 0 fully saturated rings. The molecule has 0 aliphatic carbocycles. The van der Waals surface area contributed by atoms with Crippen molar-refractivity contribution in [2.45, 2.75) is 0 Å². The maximum absolute atomic E-state index is 12.6. The summed E-state index contributed by atoms with van der Waals surface area (Å²) in [5.74, 6) is 0. The van der Waals surface area contributed by atoms with Gasteiger partial charge >= 0.3 is 0 Å². The quantitative estimate of drug-likeness (QED) is 0.512. The molecule has 4 rings (SSSR count). The van der Waals surface area contributed by atoms with Crippen molar-refractivity contribution in [3.63, 3.8) is 0 Å². The van der Waals surface area contributed by atoms with Gasteiger partial charge in [0.05, 0.1) is 6.21 Å². The highest BCUT2D eigenvalue weighted by Gasteiger charge is 2.10. The van der Waals surface area contributed by atoms with E-state index in [4.69, 9.17) is 11.6 Å². The van der Waals surface area contributed by atoms with Gasteiger partial charge in [0.2, 0.25) is 0 Å². The van der Waals surface area contributed by atoms with Crippen molar-refractivity contribution in [3.8, 4) is 0 Å². The zero-order valence-electron chi connectivity index (χ0n) is 12.2. The second-order valence-electron chi connectivity index (χ2n) is 5.23. The van der Waals surface area contributed by atoms with Gasteiger partial charge in [0, 0.05) is 20.4 Å². The molecule has 0 spiro atoms. The van der Waals surface area contributed by atoms with Crippen LogP contribution in [0, 0.1) is 0 Å². The lowest BCUT2D eigenvalue weighted by molar-refractivity contribution is 0.815. The molecule has 0 bridgehead atoms. The molecular formula is C17H10BrClN4O. The third-order valence-electron chi connectivity index (χ3n) is 3.63. The van der Waals surface area contributed by atoms with Crippen LogP contribution < -0.4 is 5.56 Å². The van der Waals surface area contributed by atoms with Crippen LogP contribution in [0.2, 0.25) is 5.02 Å². The lowest BCUT2D eigenvalue weighted by Gasteiger charge is -1.98. The minimum absolute atomic E-state index is 0.259. The van der Waals surface area contributed by atoms with Gasteiger partial charge in [-0.3, -0.25) is 4.79 Å². The van der Waals surface area contributed by atoms with Crippen LogP contribution in [0.5, 0.6) is 0 Å². The summed E-state index contributed by atoms with van der Waals surface area (Å²) >= 11 is 9.38. The van der Waals surface area contributed by atoms with Crippen LogP contribution in [0.3, 0.4) is 0 Å². The van der Waals surface area contributed by atoms with Gasteiger partial charge in [0.25, 0.3) is 5.56 Å². The number of nitrogens with one attached hydrogen (secondary N) is 1. The molecule has 0 amide bonds. The summed E-state index contributed by atoms with van der Waals surface area (Å²) in [5, 5.41) is 5.69. The number of hydrogen-bond donors (Lipinski definition) is 1. The van der Waals surface area contributed by atoms with Gasteiger partial charge in [-0.2, -0.15) is 9.78 Å². The molecule has 4 aromatic rings. The van der Waals surface area contributed by atoms with Crippen molar-refractivity contribution < 1.29 is 0 Å². The van der Waals surface area contributed by atoms with E-state index < -0.39 is 0 Å². The van der Waals surface area contributed by atoms with E-state index in [1.807, 2.05) is 30.3 Å². The molecule has 0 radical (unpaired) electrons. The Morgan fingerprint density at radius 1 is 1.25 bits per heavy atom. The van der Waals surface area contributed by atoms with Gasteiger partial charge in [-0.05, 0) is 35.9 Å². The minimum atomic E-state index is -0.259. The smallest absolute Gasteiger partial charge is 0.298 e. The third-order valence-corrected chi connectivity index (χ3v) is 4.36. The Labute approximate surface area is 149 Å². The molecule has 2 aromatic heterocycles. The number of H-pyrrole nitrogens is 1. The zero-order valence-corrected chi connectivity index (χ0v) is 14.5. The fourth-order valence-corrected chi connectivity index (χ4v) is 3.08. The van der Waals surface area contributed by atoms with E-state index in [0.29, 0.717) is 16.1 Å². The zero-order chi connectivity index (χ0) is 16.7. The fourth-order valence-electron chi connectivity index (χ4n) is 2.52. The molecule has 0 saturated carbocycles. The average Bonchev–Trinajstić information content (AvgIpc) is 2.93. The van der Waals surface area contributed by atoms with E-state index in [-0.39, 0.29) is 5.56 Å². The summed E-state index contributed by atoms with van der Waals surface area (Å²) < 4.78 is 2.13. The third kappa shape index (κ3) is 2.64. The van der Waals surface area contributed by atoms with Gasteiger partial charge in [0.1, 0.15) is 17.4 Å². The van der Waals surface area contributed by atoms with Gasteiger partial charge in [-0.15, -0.1) is 0 Å². The number of fused-ring (bicyclic) bond motifs is 3. The number of nitrogens with zero attached hydrogens (tertiary/aromatic N) is 3. The predicted molar refractivity (Wildman–Crippen MR) is 100 cm³/mol. The molecule has 0 aliphatic heterocycles. The molecule has 0 saturated heterocycles. The average molecular weight is 402 g/mol. The Bertz CT molecular complexity index is 1160. The van der Waals surface area contributed by atoms with Crippen molar-refractivity contribution in [1.82, 2.24) is 14.6 Å². The van der Waals surface area contributed by atoms with E-state index >= 15 is 0 Å². The van der Waals surface area contributed by atoms with Gasteiger partial charge in [-0.25, -0.2) is 4.98 Å². The minimum Gasteiger partial charge on any atom is -0.349 e. The lowest BCUT2D eigenvalue weighted by Crippen LogP contribution is -2.17. The van der Waals surface area contributed by atoms with Gasteiger partial charge in [-0.1, -0.05) is 39.7 Å². The fraction of sp³-hybridized carbons (Fsp3) is 0. The Morgan fingerprint density at radius 3 is 2.96 bits per heavy atom. The number of aromatic amines is 1. The van der Waals surface area contributed by atoms with E-state index in [9.17, 15) is 4.79 Å². The van der Waals surface area contributed by atoms with E-state index in [1.165, 1.54) is 11.0 Å². The van der Waals surface area contributed by atoms with E-state index in [0.717, 1.165) is 20.9 Å². The standard InChI is InChI=1S/C17H10BrClN4O/c18-11-4-5-14-13(7-11)15-16(22-14)17(24)23(9-20-15)21-8-10-2-1-3-12(19)6-10/h1-9,22H. The molecule has 2 heterocycles. The van der Waals surface area contributed by atoms with Crippen molar-refractivity contribution in [1.29, 1.82) is 0 Å². The van der Waals surface area contributed by atoms with Gasteiger partial charge in [0.15, 0.2) is 0 Å². The first-order valence-corrected chi connectivity index (χ1v) is 8.27. The van der Waals surface area contributed by atoms with Crippen LogP contribution in [0.4, 0.5) is 0 Å². The van der Waals surface area contributed by atoms with Crippen LogP contribution in [-0.4, -0.2) is 20.9 Å². The highest BCUT2D eigenvalue weighted by Crippen LogP contribution is 2.24. The molecule has 0 aliphatic rings. The molecular weight excluding hydrogens is 392 g/mol. The highest BCUT2D eigenvalue weighted by atomic mass is 79.9. The van der Waals surface area contributed by atoms with Crippen LogP contribution in [-0.2, 0) is 0 Å².